The van der Waals surface area contributed by atoms with Crippen LogP contribution in [-0.2, 0) is 4.79 Å². The van der Waals surface area contributed by atoms with Crippen LogP contribution < -0.4 is 0 Å². The average Bonchev–Trinajstić information content (AvgIpc) is 3.29. The van der Waals surface area contributed by atoms with Gasteiger partial charge in [-0.3, -0.25) is 4.79 Å². The molecule has 2 atom stereocenters. The lowest BCUT2D eigenvalue weighted by Crippen LogP contribution is -2.36. The van der Waals surface area contributed by atoms with E-state index in [4.69, 9.17) is 0 Å². The van der Waals surface area contributed by atoms with Crippen LogP contribution in [0.1, 0.15) is 59.3 Å². The molecule has 0 heterocycles. The molecule has 2 aliphatic rings. The molecule has 2 unspecified atom stereocenters. The van der Waals surface area contributed by atoms with Gasteiger partial charge in [0, 0.05) is 19.0 Å². The lowest BCUT2D eigenvalue weighted by Gasteiger charge is -2.25. The molecule has 19 heavy (non-hydrogen) atoms. The van der Waals surface area contributed by atoms with E-state index in [1.165, 1.54) is 19.3 Å². The van der Waals surface area contributed by atoms with Crippen molar-refractivity contribution in [3.63, 3.8) is 0 Å². The van der Waals surface area contributed by atoms with Gasteiger partial charge in [0.25, 0.3) is 0 Å². The van der Waals surface area contributed by atoms with Crippen LogP contribution in [0.2, 0.25) is 0 Å². The topological polar surface area (TPSA) is 20.3 Å². The summed E-state index contributed by atoms with van der Waals surface area (Å²) in [7, 11) is 0. The zero-order valence-electron chi connectivity index (χ0n) is 12.8. The van der Waals surface area contributed by atoms with E-state index >= 15 is 0 Å². The van der Waals surface area contributed by atoms with Crippen LogP contribution in [0.25, 0.3) is 0 Å². The van der Waals surface area contributed by atoms with E-state index in [0.29, 0.717) is 17.2 Å². The molecule has 0 aromatic carbocycles. The third kappa shape index (κ3) is 3.84. The van der Waals surface area contributed by atoms with Crippen molar-refractivity contribution in [3.8, 4) is 0 Å². The SMILES string of the molecule is CCC=CCCC1CC1(C)CN(CC)C(=O)C1CC1. The molecule has 108 valence electrons. The molecule has 2 heteroatoms. The lowest BCUT2D eigenvalue weighted by atomic mass is 10.0. The molecule has 0 aromatic heterocycles. The van der Waals surface area contributed by atoms with E-state index in [2.05, 4.69) is 37.8 Å². The van der Waals surface area contributed by atoms with Crippen molar-refractivity contribution in [2.75, 3.05) is 13.1 Å². The fourth-order valence-corrected chi connectivity index (χ4v) is 3.10. The van der Waals surface area contributed by atoms with Gasteiger partial charge in [-0.05, 0) is 56.8 Å². The van der Waals surface area contributed by atoms with Gasteiger partial charge in [-0.25, -0.2) is 0 Å². The van der Waals surface area contributed by atoms with Gasteiger partial charge < -0.3 is 4.90 Å². The highest BCUT2D eigenvalue weighted by Crippen LogP contribution is 2.55. The van der Waals surface area contributed by atoms with E-state index in [0.717, 1.165) is 38.3 Å². The molecular formula is C17H29NO. The lowest BCUT2D eigenvalue weighted by molar-refractivity contribution is -0.133. The first-order chi connectivity index (χ1) is 9.10. The smallest absolute Gasteiger partial charge is 0.225 e. The van der Waals surface area contributed by atoms with Crippen LogP contribution in [0.4, 0.5) is 0 Å². The number of rotatable bonds is 8. The second-order valence-electron chi connectivity index (χ2n) is 6.64. The molecule has 0 bridgehead atoms. The molecule has 2 rings (SSSR count). The van der Waals surface area contributed by atoms with E-state index in [1.54, 1.807) is 0 Å². The van der Waals surface area contributed by atoms with Crippen molar-refractivity contribution in [1.82, 2.24) is 4.90 Å². The molecule has 0 spiro atoms. The van der Waals surface area contributed by atoms with Crippen molar-refractivity contribution in [2.24, 2.45) is 17.3 Å². The Kier molecular flexibility index (Phi) is 4.70. The average molecular weight is 263 g/mol. The Balaban J connectivity index is 1.75. The molecule has 0 radical (unpaired) electrons. The number of hydrogen-bond donors (Lipinski definition) is 0. The van der Waals surface area contributed by atoms with E-state index in [1.807, 2.05) is 0 Å². The molecular weight excluding hydrogens is 234 g/mol. The minimum atomic E-state index is 0.369. The Morgan fingerprint density at radius 2 is 2.05 bits per heavy atom. The number of amides is 1. The molecule has 1 amide bonds. The Labute approximate surface area is 118 Å². The Morgan fingerprint density at radius 3 is 2.63 bits per heavy atom. The summed E-state index contributed by atoms with van der Waals surface area (Å²) in [6, 6.07) is 0. The number of carbonyl (C=O) groups is 1. The number of allylic oxidation sites excluding steroid dienone is 2. The fraction of sp³-hybridized carbons (Fsp3) is 0.824. The van der Waals surface area contributed by atoms with Crippen molar-refractivity contribution < 1.29 is 4.79 Å². The minimum Gasteiger partial charge on any atom is -0.342 e. The third-order valence-electron chi connectivity index (χ3n) is 4.79. The predicted molar refractivity (Wildman–Crippen MR) is 79.9 cm³/mol. The monoisotopic (exact) mass is 263 g/mol. The van der Waals surface area contributed by atoms with Gasteiger partial charge in [0.2, 0.25) is 5.91 Å². The quantitative estimate of drug-likeness (QED) is 0.606. The van der Waals surface area contributed by atoms with Gasteiger partial charge in [0.15, 0.2) is 0 Å². The summed E-state index contributed by atoms with van der Waals surface area (Å²) in [5.41, 5.74) is 0.403. The number of hydrogen-bond acceptors (Lipinski definition) is 1. The Morgan fingerprint density at radius 1 is 1.32 bits per heavy atom. The van der Waals surface area contributed by atoms with Gasteiger partial charge in [0.05, 0.1) is 0 Å². The van der Waals surface area contributed by atoms with Gasteiger partial charge in [-0.1, -0.05) is 26.0 Å². The van der Waals surface area contributed by atoms with E-state index in [-0.39, 0.29) is 0 Å². The summed E-state index contributed by atoms with van der Waals surface area (Å²) in [6.45, 7) is 8.53. The normalized spacial score (nSPS) is 29.7. The summed E-state index contributed by atoms with van der Waals surface area (Å²) in [5, 5.41) is 0. The van der Waals surface area contributed by atoms with Gasteiger partial charge in [0.1, 0.15) is 0 Å². The Bertz CT molecular complexity index is 345. The van der Waals surface area contributed by atoms with Gasteiger partial charge in [-0.2, -0.15) is 0 Å². The maximum absolute atomic E-state index is 12.2. The first-order valence-electron chi connectivity index (χ1n) is 8.04. The standard InChI is InChI=1S/C17H29NO/c1-4-6-7-8-9-15-12-17(15,3)13-18(5-2)16(19)14-10-11-14/h6-7,14-15H,4-5,8-13H2,1-3H3. The molecule has 0 saturated heterocycles. The van der Waals surface area contributed by atoms with Crippen LogP contribution in [-0.4, -0.2) is 23.9 Å². The molecule has 2 fully saturated rings. The van der Waals surface area contributed by atoms with Crippen LogP contribution in [0, 0.1) is 17.3 Å². The van der Waals surface area contributed by atoms with Crippen LogP contribution >= 0.6 is 0 Å². The summed E-state index contributed by atoms with van der Waals surface area (Å²) in [5.74, 6) is 1.61. The molecule has 2 saturated carbocycles. The second-order valence-corrected chi connectivity index (χ2v) is 6.64. The fourth-order valence-electron chi connectivity index (χ4n) is 3.10. The van der Waals surface area contributed by atoms with Crippen molar-refractivity contribution >= 4 is 5.91 Å². The van der Waals surface area contributed by atoms with E-state index < -0.39 is 0 Å². The van der Waals surface area contributed by atoms with Gasteiger partial charge in [-0.15, -0.1) is 0 Å². The largest absolute Gasteiger partial charge is 0.342 e. The molecule has 2 nitrogen and oxygen atoms in total. The summed E-state index contributed by atoms with van der Waals surface area (Å²) in [4.78, 5) is 14.3. The second kappa shape index (κ2) is 6.11. The van der Waals surface area contributed by atoms with Crippen LogP contribution in [0.3, 0.4) is 0 Å². The molecule has 0 aromatic rings. The zero-order chi connectivity index (χ0) is 13.9. The maximum atomic E-state index is 12.2. The third-order valence-corrected chi connectivity index (χ3v) is 4.79. The minimum absolute atomic E-state index is 0.369. The molecule has 2 aliphatic carbocycles. The predicted octanol–water partition coefficient (Wildman–Crippen LogP) is 4.02. The van der Waals surface area contributed by atoms with Crippen LogP contribution in [0.5, 0.6) is 0 Å². The number of carbonyl (C=O) groups excluding carboxylic acids is 1. The maximum Gasteiger partial charge on any atom is 0.225 e. The van der Waals surface area contributed by atoms with Crippen molar-refractivity contribution in [3.05, 3.63) is 12.2 Å². The van der Waals surface area contributed by atoms with Crippen molar-refractivity contribution in [1.29, 1.82) is 0 Å². The first-order valence-corrected chi connectivity index (χ1v) is 8.04. The molecule has 0 N–H and O–H groups in total. The first kappa shape index (κ1) is 14.6. The Hall–Kier alpha value is -0.790. The van der Waals surface area contributed by atoms with E-state index in [9.17, 15) is 4.79 Å². The summed E-state index contributed by atoms with van der Waals surface area (Å²) >= 11 is 0. The summed E-state index contributed by atoms with van der Waals surface area (Å²) < 4.78 is 0. The zero-order valence-corrected chi connectivity index (χ0v) is 12.8. The number of nitrogens with zero attached hydrogens (tertiary/aromatic N) is 1. The highest BCUT2D eigenvalue weighted by atomic mass is 16.2. The highest BCUT2D eigenvalue weighted by Gasteiger charge is 2.50. The highest BCUT2D eigenvalue weighted by molar-refractivity contribution is 5.81. The van der Waals surface area contributed by atoms with Crippen molar-refractivity contribution in [2.45, 2.75) is 59.3 Å². The summed E-state index contributed by atoms with van der Waals surface area (Å²) in [6.07, 6.45) is 11.8. The van der Waals surface area contributed by atoms with Crippen LogP contribution in [0.15, 0.2) is 12.2 Å². The molecule has 0 aliphatic heterocycles. The van der Waals surface area contributed by atoms with Gasteiger partial charge >= 0.3 is 0 Å².